The second-order valence-corrected chi connectivity index (χ2v) is 6.82. The molecule has 0 aromatic heterocycles. The molecule has 2 amide bonds. The van der Waals surface area contributed by atoms with Crippen LogP contribution in [0.25, 0.3) is 6.08 Å². The lowest BCUT2D eigenvalue weighted by molar-refractivity contribution is -0.144. The lowest BCUT2D eigenvalue weighted by Gasteiger charge is -2.29. The largest absolute Gasteiger partial charge is 0.479 e. The molecule has 0 radical (unpaired) electrons. The van der Waals surface area contributed by atoms with Crippen molar-refractivity contribution in [1.29, 1.82) is 0 Å². The summed E-state index contributed by atoms with van der Waals surface area (Å²) in [5.41, 5.74) is 1.80. The molecule has 2 aromatic carbocycles. The third-order valence-corrected chi connectivity index (χ3v) is 4.55. The van der Waals surface area contributed by atoms with Crippen LogP contribution in [0.5, 0.6) is 5.75 Å². The molecule has 29 heavy (non-hydrogen) atoms. The van der Waals surface area contributed by atoms with E-state index in [1.165, 1.54) is 17.9 Å². The smallest absolute Gasteiger partial charge is 0.344 e. The fourth-order valence-electron chi connectivity index (χ4n) is 2.69. The third-order valence-electron chi connectivity index (χ3n) is 4.26. The van der Waals surface area contributed by atoms with Crippen molar-refractivity contribution in [1.82, 2.24) is 5.32 Å². The number of ether oxygens (including phenoxy) is 1. The zero-order valence-corrected chi connectivity index (χ0v) is 16.5. The number of benzene rings is 2. The molecule has 0 unspecified atom stereocenters. The first kappa shape index (κ1) is 20.2. The van der Waals surface area contributed by atoms with Crippen LogP contribution in [0.4, 0.5) is 5.69 Å². The van der Waals surface area contributed by atoms with E-state index in [1.807, 2.05) is 19.1 Å². The lowest BCUT2D eigenvalue weighted by Crippen LogP contribution is -2.54. The second-order valence-electron chi connectivity index (χ2n) is 6.43. The van der Waals surface area contributed by atoms with Gasteiger partial charge in [-0.2, -0.15) is 0 Å². The number of carboxylic acids is 1. The van der Waals surface area contributed by atoms with E-state index in [2.05, 4.69) is 5.32 Å². The summed E-state index contributed by atoms with van der Waals surface area (Å²) in [7, 11) is 0. The maximum atomic E-state index is 13.1. The summed E-state index contributed by atoms with van der Waals surface area (Å²) in [5.74, 6) is -2.10. The lowest BCUT2D eigenvalue weighted by atomic mass is 10.1. The van der Waals surface area contributed by atoms with Gasteiger partial charge in [0.05, 0.1) is 5.69 Å². The van der Waals surface area contributed by atoms with Crippen molar-refractivity contribution in [2.45, 2.75) is 20.0 Å². The Bertz CT molecular complexity index is 1030. The van der Waals surface area contributed by atoms with Gasteiger partial charge in [0, 0.05) is 5.56 Å². The van der Waals surface area contributed by atoms with Crippen molar-refractivity contribution in [2.75, 3.05) is 4.90 Å². The van der Waals surface area contributed by atoms with Gasteiger partial charge in [0.2, 0.25) is 0 Å². The van der Waals surface area contributed by atoms with Crippen molar-refractivity contribution in [3.05, 3.63) is 65.2 Å². The maximum Gasteiger partial charge on any atom is 0.344 e. The molecular formula is C21H18N2O5S. The molecular weight excluding hydrogens is 392 g/mol. The molecule has 148 valence electrons. The number of anilines is 1. The predicted molar refractivity (Wildman–Crippen MR) is 112 cm³/mol. The van der Waals surface area contributed by atoms with Gasteiger partial charge in [0.15, 0.2) is 11.2 Å². The highest BCUT2D eigenvalue weighted by molar-refractivity contribution is 7.80. The van der Waals surface area contributed by atoms with Crippen LogP contribution in [0, 0.1) is 6.92 Å². The average Bonchev–Trinajstić information content (AvgIpc) is 2.67. The molecule has 1 aliphatic heterocycles. The molecule has 0 spiro atoms. The number of para-hydroxylation sites is 1. The van der Waals surface area contributed by atoms with E-state index in [4.69, 9.17) is 22.1 Å². The minimum absolute atomic E-state index is 0.00922. The number of aryl methyl sites for hydroxylation is 1. The average molecular weight is 410 g/mol. The molecule has 7 nitrogen and oxygen atoms in total. The molecule has 1 fully saturated rings. The zero-order valence-electron chi connectivity index (χ0n) is 15.7. The number of carbonyl (C=O) groups excluding carboxylic acids is 2. The number of carboxylic acid groups (broad SMARTS) is 1. The highest BCUT2D eigenvalue weighted by Gasteiger charge is 2.34. The molecule has 1 atom stereocenters. The van der Waals surface area contributed by atoms with Gasteiger partial charge in [-0.1, -0.05) is 35.9 Å². The first-order valence-corrected chi connectivity index (χ1v) is 9.15. The quantitative estimate of drug-likeness (QED) is 0.447. The highest BCUT2D eigenvalue weighted by atomic mass is 32.1. The summed E-state index contributed by atoms with van der Waals surface area (Å²) in [4.78, 5) is 37.8. The molecule has 3 rings (SSSR count). The summed E-state index contributed by atoms with van der Waals surface area (Å²) in [6.07, 6.45) is 0.270. The fourth-order valence-corrected chi connectivity index (χ4v) is 2.97. The standard InChI is InChI=1S/C21H18N2O5S/c1-12-7-9-15(10-8-12)23-19(25)16(18(24)22-21(23)29)11-14-5-3-4-6-17(14)28-13(2)20(26)27/h3-11,13H,1-2H3,(H,26,27)(H,22,24,29)/b16-11+/t13-/m0/s1. The van der Waals surface area contributed by atoms with Crippen molar-refractivity contribution >= 4 is 46.9 Å². The van der Waals surface area contributed by atoms with Crippen LogP contribution in [-0.4, -0.2) is 34.1 Å². The summed E-state index contributed by atoms with van der Waals surface area (Å²) < 4.78 is 5.44. The van der Waals surface area contributed by atoms with Crippen molar-refractivity contribution in [3.63, 3.8) is 0 Å². The van der Waals surface area contributed by atoms with Gasteiger partial charge in [-0.25, -0.2) is 4.79 Å². The van der Waals surface area contributed by atoms with E-state index in [9.17, 15) is 14.4 Å². The van der Waals surface area contributed by atoms with E-state index in [0.29, 0.717) is 11.3 Å². The van der Waals surface area contributed by atoms with Crippen LogP contribution in [0.2, 0.25) is 0 Å². The van der Waals surface area contributed by atoms with Gasteiger partial charge < -0.3 is 9.84 Å². The number of hydrogen-bond donors (Lipinski definition) is 2. The molecule has 2 aromatic rings. The molecule has 2 N–H and O–H groups in total. The molecule has 0 saturated carbocycles. The number of carbonyl (C=O) groups is 3. The Balaban J connectivity index is 1.99. The van der Waals surface area contributed by atoms with Crippen LogP contribution < -0.4 is 15.0 Å². The summed E-state index contributed by atoms with van der Waals surface area (Å²) in [5, 5.41) is 11.6. The van der Waals surface area contributed by atoms with E-state index in [0.717, 1.165) is 5.56 Å². The Morgan fingerprint density at radius 2 is 1.83 bits per heavy atom. The third kappa shape index (κ3) is 4.33. The first-order chi connectivity index (χ1) is 13.8. The normalized spacial score (nSPS) is 16.6. The van der Waals surface area contributed by atoms with E-state index in [-0.39, 0.29) is 16.4 Å². The molecule has 1 aliphatic rings. The molecule has 8 heteroatoms. The van der Waals surface area contributed by atoms with E-state index < -0.39 is 23.9 Å². The van der Waals surface area contributed by atoms with Crippen molar-refractivity contribution in [3.8, 4) is 5.75 Å². The predicted octanol–water partition coefficient (Wildman–Crippen LogP) is 2.68. The Hall–Kier alpha value is -3.52. The van der Waals surface area contributed by atoms with Gasteiger partial charge in [0.25, 0.3) is 11.8 Å². The number of nitrogens with one attached hydrogen (secondary N) is 1. The van der Waals surface area contributed by atoms with Gasteiger partial charge in [0.1, 0.15) is 11.3 Å². The maximum absolute atomic E-state index is 13.1. The Kier molecular flexibility index (Phi) is 5.74. The fraction of sp³-hybridized carbons (Fsp3) is 0.143. The highest BCUT2D eigenvalue weighted by Crippen LogP contribution is 2.26. The Morgan fingerprint density at radius 1 is 1.17 bits per heavy atom. The number of aliphatic carboxylic acids is 1. The topological polar surface area (TPSA) is 95.9 Å². The van der Waals surface area contributed by atoms with E-state index in [1.54, 1.807) is 36.4 Å². The van der Waals surface area contributed by atoms with Gasteiger partial charge >= 0.3 is 5.97 Å². The van der Waals surface area contributed by atoms with Crippen LogP contribution >= 0.6 is 12.2 Å². The van der Waals surface area contributed by atoms with Crippen LogP contribution in [-0.2, 0) is 14.4 Å². The molecule has 1 heterocycles. The summed E-state index contributed by atoms with van der Waals surface area (Å²) in [6.45, 7) is 3.31. The minimum Gasteiger partial charge on any atom is -0.479 e. The van der Waals surface area contributed by atoms with Crippen molar-refractivity contribution < 1.29 is 24.2 Å². The Morgan fingerprint density at radius 3 is 2.48 bits per heavy atom. The number of nitrogens with zero attached hydrogens (tertiary/aromatic N) is 1. The van der Waals surface area contributed by atoms with Crippen LogP contribution in [0.3, 0.4) is 0 Å². The minimum atomic E-state index is -1.13. The monoisotopic (exact) mass is 410 g/mol. The van der Waals surface area contributed by atoms with Crippen LogP contribution in [0.15, 0.2) is 54.1 Å². The number of rotatable bonds is 5. The number of amides is 2. The van der Waals surface area contributed by atoms with E-state index >= 15 is 0 Å². The Labute approximate surface area is 172 Å². The number of hydrogen-bond acceptors (Lipinski definition) is 5. The second kappa shape index (κ2) is 8.24. The molecule has 1 saturated heterocycles. The first-order valence-electron chi connectivity index (χ1n) is 8.74. The number of thiocarbonyl (C=S) groups is 1. The summed E-state index contributed by atoms with van der Waals surface area (Å²) in [6, 6.07) is 13.7. The van der Waals surface area contributed by atoms with Gasteiger partial charge in [-0.05, 0) is 50.3 Å². The van der Waals surface area contributed by atoms with Gasteiger partial charge in [-0.3, -0.25) is 19.8 Å². The van der Waals surface area contributed by atoms with Crippen molar-refractivity contribution in [2.24, 2.45) is 0 Å². The SMILES string of the molecule is Cc1ccc(N2C(=O)/C(=C/c3ccccc3O[C@@H](C)C(=O)O)C(=O)NC2=S)cc1. The zero-order chi connectivity index (χ0) is 21.1. The van der Waals surface area contributed by atoms with Crippen LogP contribution in [0.1, 0.15) is 18.1 Å². The molecule has 0 bridgehead atoms. The molecule has 0 aliphatic carbocycles. The van der Waals surface area contributed by atoms with Gasteiger partial charge in [-0.15, -0.1) is 0 Å². The summed E-state index contributed by atoms with van der Waals surface area (Å²) >= 11 is 5.18.